The molecule has 2 aliphatic heterocycles. The maximum absolute atomic E-state index is 15.6. The molecule has 0 radical (unpaired) electrons. The zero-order valence-electron chi connectivity index (χ0n) is 29.1. The minimum absolute atomic E-state index is 0.466. The Bertz CT molecular complexity index is 2230. The van der Waals surface area contributed by atoms with E-state index in [2.05, 4.69) is 9.97 Å². The summed E-state index contributed by atoms with van der Waals surface area (Å²) in [6, 6.07) is -1.86. The Kier molecular flexibility index (Phi) is 10.9. The standard InChI is InChI=1S/C32H10F28N4/c33-21(34,25(41,42)29(49,50)51)17-9-1-2-10(61-9)18(22(35,36)26(43,44)30(52,53)54)12-5-6-14(63-12)20(24(39,40)28(47,48)32(58,59)60)16-8-7-15(64-16)19(13-4-3-11(17)62-13)23(37,38)27(45,46)31(55,56)57/h1-8,61,64H. The van der Waals surface area contributed by atoms with E-state index in [0.717, 1.165) is 9.97 Å². The van der Waals surface area contributed by atoms with Gasteiger partial charge in [-0.15, -0.1) is 0 Å². The number of nitrogens with one attached hydrogen (secondary N) is 2. The van der Waals surface area contributed by atoms with Crippen LogP contribution < -0.4 is 0 Å². The number of alkyl halides is 28. The minimum atomic E-state index is -7.51. The number of aromatic amines is 2. The second kappa shape index (κ2) is 14.1. The molecule has 0 saturated heterocycles. The van der Waals surface area contributed by atoms with Gasteiger partial charge in [0, 0.05) is 0 Å². The third kappa shape index (κ3) is 6.97. The molecule has 8 bridgehead atoms. The number of nitrogens with zero attached hydrogens (tertiary/aromatic N) is 2. The quantitative estimate of drug-likeness (QED) is 0.152. The van der Waals surface area contributed by atoms with Gasteiger partial charge in [0.05, 0.1) is 67.1 Å². The summed E-state index contributed by atoms with van der Waals surface area (Å²) in [6.07, 6.45) is -31.8. The van der Waals surface area contributed by atoms with Crippen molar-refractivity contribution in [1.29, 1.82) is 0 Å². The number of halogens is 28. The van der Waals surface area contributed by atoms with Gasteiger partial charge in [-0.05, 0) is 48.6 Å². The monoisotopic (exact) mass is 982 g/mol. The van der Waals surface area contributed by atoms with Crippen LogP contribution >= 0.6 is 0 Å². The Hall–Kier alpha value is -5.36. The summed E-state index contributed by atoms with van der Waals surface area (Å²) in [5.41, 5.74) is -31.7. The van der Waals surface area contributed by atoms with E-state index in [9.17, 15) is 87.8 Å². The lowest BCUT2D eigenvalue weighted by Crippen LogP contribution is -2.50. The SMILES string of the molecule is FC(F)(F)C(F)(F)C(F)(F)c1c2nc(c(C(F)(F)C(F)(F)C(F)(F)F)c3ccc([nH]3)c(C(F)(F)C(F)(F)C(F)(F)F)c3nc(c(C(F)(F)C(F)(F)C(F)(F)F)c4ccc1[nH]4)C=C3)C=C2. The highest BCUT2D eigenvalue weighted by Gasteiger charge is 2.78. The van der Waals surface area contributed by atoms with E-state index in [4.69, 9.17) is 0 Å². The van der Waals surface area contributed by atoms with Crippen LogP contribution in [0.3, 0.4) is 0 Å². The van der Waals surface area contributed by atoms with Crippen molar-refractivity contribution in [2.45, 2.75) is 72.1 Å². The summed E-state index contributed by atoms with van der Waals surface area (Å²) in [5, 5.41) is 0. The van der Waals surface area contributed by atoms with E-state index in [0.29, 0.717) is 0 Å². The summed E-state index contributed by atoms with van der Waals surface area (Å²) in [6.45, 7) is 0. The normalized spacial score (nSPS) is 15.7. The Morgan fingerprint density at radius 3 is 0.562 bits per heavy atom. The summed E-state index contributed by atoms with van der Waals surface area (Å²) < 4.78 is 402. The van der Waals surface area contributed by atoms with Gasteiger partial charge in [0.2, 0.25) is 0 Å². The fraction of sp³-hybridized carbons (Fsp3) is 0.375. The molecular formula is C32H10F28N4. The lowest BCUT2D eigenvalue weighted by atomic mass is 9.99. The Balaban J connectivity index is 2.23. The van der Waals surface area contributed by atoms with Crippen molar-refractivity contribution in [2.75, 3.05) is 0 Å². The van der Waals surface area contributed by atoms with Crippen LogP contribution in [0.4, 0.5) is 123 Å². The fourth-order valence-corrected chi connectivity index (χ4v) is 5.87. The van der Waals surface area contributed by atoms with E-state index in [1.54, 1.807) is 0 Å². The molecule has 0 unspecified atom stereocenters. The molecule has 32 heteroatoms. The molecular weight excluding hydrogens is 972 g/mol. The molecule has 0 aromatic carbocycles. The number of fused-ring (bicyclic) bond motifs is 8. The predicted octanol–water partition coefficient (Wildman–Crippen LogP) is 13.8. The average Bonchev–Trinajstić information content (AvgIpc) is 3.93. The maximum atomic E-state index is 15.6. The number of H-pyrrole nitrogens is 2. The van der Waals surface area contributed by atoms with Crippen molar-refractivity contribution in [3.05, 3.63) is 69.3 Å². The smallest absolute Gasteiger partial charge is 0.355 e. The highest BCUT2D eigenvalue weighted by Crippen LogP contribution is 2.58. The van der Waals surface area contributed by atoms with E-state index in [1.165, 1.54) is 0 Å². The first-order valence-electron chi connectivity index (χ1n) is 15.8. The third-order valence-electron chi connectivity index (χ3n) is 9.01. The Labute approximate surface area is 331 Å². The van der Waals surface area contributed by atoms with Crippen molar-refractivity contribution in [2.24, 2.45) is 0 Å². The van der Waals surface area contributed by atoms with Crippen molar-refractivity contribution < 1.29 is 123 Å². The molecule has 0 spiro atoms. The number of hydrogen-bond acceptors (Lipinski definition) is 2. The largest absolute Gasteiger partial charge is 0.460 e. The zero-order chi connectivity index (χ0) is 49.4. The van der Waals surface area contributed by atoms with Crippen LogP contribution in [-0.4, -0.2) is 68.3 Å². The van der Waals surface area contributed by atoms with E-state index >= 15 is 35.1 Å². The molecule has 0 saturated carbocycles. The zero-order valence-corrected chi connectivity index (χ0v) is 29.1. The van der Waals surface area contributed by atoms with Gasteiger partial charge in [-0.2, -0.15) is 123 Å². The molecule has 4 nitrogen and oxygen atoms in total. The van der Waals surface area contributed by atoms with Gasteiger partial charge in [-0.25, -0.2) is 9.97 Å². The van der Waals surface area contributed by atoms with Crippen LogP contribution in [0, 0.1) is 0 Å². The van der Waals surface area contributed by atoms with Crippen molar-refractivity contribution >= 4 is 46.4 Å². The van der Waals surface area contributed by atoms with Gasteiger partial charge >= 0.3 is 72.1 Å². The van der Waals surface area contributed by atoms with Crippen LogP contribution in [0.2, 0.25) is 0 Å². The van der Waals surface area contributed by atoms with Crippen molar-refractivity contribution in [1.82, 2.24) is 19.9 Å². The minimum Gasteiger partial charge on any atom is -0.355 e. The molecule has 354 valence electrons. The fourth-order valence-electron chi connectivity index (χ4n) is 5.87. The van der Waals surface area contributed by atoms with Crippen molar-refractivity contribution in [3.8, 4) is 0 Å². The van der Waals surface area contributed by atoms with Crippen LogP contribution in [0.1, 0.15) is 45.0 Å². The molecule has 3 aromatic heterocycles. The lowest BCUT2D eigenvalue weighted by molar-refractivity contribution is -0.359. The maximum Gasteiger partial charge on any atom is 0.460 e. The van der Waals surface area contributed by atoms with E-state index in [-0.39, 0.29) is 0 Å². The Morgan fingerprint density at radius 1 is 0.266 bits per heavy atom. The average molecular weight is 982 g/mol. The third-order valence-corrected chi connectivity index (χ3v) is 9.01. The second-order valence-corrected chi connectivity index (χ2v) is 13.1. The van der Waals surface area contributed by atoms with Crippen LogP contribution in [-0.2, 0) is 23.7 Å². The molecule has 2 N–H and O–H groups in total. The second-order valence-electron chi connectivity index (χ2n) is 13.1. The molecule has 64 heavy (non-hydrogen) atoms. The van der Waals surface area contributed by atoms with Gasteiger partial charge in [0.1, 0.15) is 0 Å². The summed E-state index contributed by atoms with van der Waals surface area (Å²) in [5.74, 6) is -58.2. The molecule has 0 atom stereocenters. The summed E-state index contributed by atoms with van der Waals surface area (Å²) in [7, 11) is 0. The Morgan fingerprint density at radius 2 is 0.422 bits per heavy atom. The first-order valence-corrected chi connectivity index (χ1v) is 15.8. The molecule has 5 heterocycles. The van der Waals surface area contributed by atoms with E-state index < -0.39 is 188 Å². The van der Waals surface area contributed by atoms with Crippen LogP contribution in [0.5, 0.6) is 0 Å². The van der Waals surface area contributed by atoms with Crippen LogP contribution in [0.15, 0.2) is 24.3 Å². The molecule has 0 aliphatic carbocycles. The molecule has 0 fully saturated rings. The number of hydrogen-bond donors (Lipinski definition) is 2. The molecule has 0 amide bonds. The van der Waals surface area contributed by atoms with Gasteiger partial charge in [0.25, 0.3) is 0 Å². The first kappa shape index (κ1) is 49.7. The van der Waals surface area contributed by atoms with Crippen LogP contribution in [0.25, 0.3) is 46.4 Å². The molecule has 5 rings (SSSR count). The first-order chi connectivity index (χ1) is 28.4. The molecule has 3 aromatic rings. The van der Waals surface area contributed by atoms with Crippen molar-refractivity contribution in [3.63, 3.8) is 0 Å². The number of aromatic nitrogens is 4. The summed E-state index contributed by atoms with van der Waals surface area (Å²) in [4.78, 5) is 7.21. The topological polar surface area (TPSA) is 57.4 Å². The van der Waals surface area contributed by atoms with Gasteiger partial charge in [0.15, 0.2) is 0 Å². The lowest BCUT2D eigenvalue weighted by Gasteiger charge is -2.29. The summed E-state index contributed by atoms with van der Waals surface area (Å²) >= 11 is 0. The van der Waals surface area contributed by atoms with Gasteiger partial charge in [-0.1, -0.05) is 0 Å². The highest BCUT2D eigenvalue weighted by molar-refractivity contribution is 5.85. The number of rotatable bonds is 8. The van der Waals surface area contributed by atoms with E-state index in [1.807, 2.05) is 0 Å². The predicted molar refractivity (Wildman–Crippen MR) is 158 cm³/mol. The highest BCUT2D eigenvalue weighted by atomic mass is 19.5. The van der Waals surface area contributed by atoms with Gasteiger partial charge < -0.3 is 9.97 Å². The molecule has 2 aliphatic rings. The van der Waals surface area contributed by atoms with Gasteiger partial charge in [-0.3, -0.25) is 0 Å².